The smallest absolute Gasteiger partial charge is 0.403 e. The summed E-state index contributed by atoms with van der Waals surface area (Å²) < 4.78 is 17.8. The first kappa shape index (κ1) is 29.3. The van der Waals surface area contributed by atoms with Crippen LogP contribution >= 0.6 is 0 Å². The molecule has 0 unspecified atom stereocenters. The quantitative estimate of drug-likeness (QED) is 0.118. The second kappa shape index (κ2) is 10.9. The lowest BCUT2D eigenvalue weighted by Gasteiger charge is -2.22. The number of fused-ring (bicyclic) bond motifs is 8. The van der Waals surface area contributed by atoms with Gasteiger partial charge in [-0.05, 0) is 32.0 Å². The first-order chi connectivity index (χ1) is 22.1. The fourth-order valence-corrected chi connectivity index (χ4v) is 6.13. The summed E-state index contributed by atoms with van der Waals surface area (Å²) in [6.45, 7) is 4.00. The molecule has 0 saturated carbocycles. The molecule has 0 amide bonds. The van der Waals surface area contributed by atoms with Gasteiger partial charge in [0.15, 0.2) is 16.3 Å². The van der Waals surface area contributed by atoms with Crippen LogP contribution in [0.5, 0.6) is 0 Å². The van der Waals surface area contributed by atoms with Gasteiger partial charge in [0.1, 0.15) is 22.0 Å². The first-order valence-electron chi connectivity index (χ1n) is 14.7. The van der Waals surface area contributed by atoms with Crippen LogP contribution in [0.15, 0.2) is 92.0 Å². The molecule has 7 rings (SSSR count). The summed E-state index contributed by atoms with van der Waals surface area (Å²) in [4.78, 5) is 74.2. The largest absolute Gasteiger partial charge is 0.603 e. The van der Waals surface area contributed by atoms with Gasteiger partial charge in [-0.2, -0.15) is 4.79 Å². The van der Waals surface area contributed by atoms with Crippen LogP contribution < -0.4 is 26.3 Å². The number of benzene rings is 6. The fourth-order valence-electron chi connectivity index (χ4n) is 6.13. The maximum absolute atomic E-state index is 14.3. The molecule has 7 aromatic rings. The van der Waals surface area contributed by atoms with E-state index in [1.807, 2.05) is 0 Å². The molecular formula is C36H27N2O8+. The lowest BCUT2D eigenvalue weighted by molar-refractivity contribution is -0.533. The molecule has 0 aliphatic carbocycles. The Hall–Kier alpha value is -5.45. The third-order valence-electron chi connectivity index (χ3n) is 8.21. The predicted octanol–water partition coefficient (Wildman–Crippen LogP) is 4.03. The summed E-state index contributed by atoms with van der Waals surface area (Å²) >= 11 is 0. The van der Waals surface area contributed by atoms with Crippen molar-refractivity contribution in [2.45, 2.75) is 19.4 Å². The standard InChI is InChI=1S/C36H27N2O8/c1-36(2,18-45-17-16-44-3)46-35(43)38-26-15-13-23-27(33(41)21-10-6-4-8-19(21)31(23)39)29(26)37-25-14-12-24-28(30(25)38)34(42)22-11-7-5-9-20(22)32(24)40/h4-15H,16-18H2,1-3H3/q+1. The third-order valence-corrected chi connectivity index (χ3v) is 8.21. The highest BCUT2D eigenvalue weighted by Crippen LogP contribution is 2.26. The highest BCUT2D eigenvalue weighted by Gasteiger charge is 2.36. The van der Waals surface area contributed by atoms with Crippen LogP contribution in [0.1, 0.15) is 13.8 Å². The van der Waals surface area contributed by atoms with Crippen LogP contribution in [0, 0.1) is 0 Å². The predicted molar refractivity (Wildman–Crippen MR) is 176 cm³/mol. The summed E-state index contributed by atoms with van der Waals surface area (Å²) in [5.74, 6) is 0. The number of nitrogens with zero attached hydrogens (tertiary/aromatic N) is 2. The van der Waals surface area contributed by atoms with Crippen LogP contribution in [-0.4, -0.2) is 43.6 Å². The normalized spacial score (nSPS) is 12.2. The molecule has 0 radical (unpaired) electrons. The Bertz CT molecular complexity index is 2640. The average Bonchev–Trinajstić information content (AvgIpc) is 3.05. The molecule has 0 fully saturated rings. The second-order valence-electron chi connectivity index (χ2n) is 11.7. The molecular weight excluding hydrogens is 588 g/mol. The molecule has 0 aliphatic heterocycles. The van der Waals surface area contributed by atoms with Gasteiger partial charge in [0, 0.05) is 45.5 Å². The van der Waals surface area contributed by atoms with Gasteiger partial charge in [-0.15, -0.1) is 0 Å². The summed E-state index contributed by atoms with van der Waals surface area (Å²) in [7, 11) is 1.55. The van der Waals surface area contributed by atoms with E-state index in [4.69, 9.17) is 19.2 Å². The Kier molecular flexibility index (Phi) is 6.91. The van der Waals surface area contributed by atoms with Gasteiger partial charge in [-0.1, -0.05) is 53.1 Å². The summed E-state index contributed by atoms with van der Waals surface area (Å²) in [6.07, 6.45) is -0.889. The van der Waals surface area contributed by atoms with Crippen molar-refractivity contribution < 1.29 is 23.6 Å². The molecule has 10 nitrogen and oxygen atoms in total. The van der Waals surface area contributed by atoms with Gasteiger partial charge < -0.3 is 14.2 Å². The van der Waals surface area contributed by atoms with E-state index in [1.165, 1.54) is 28.8 Å². The van der Waals surface area contributed by atoms with Gasteiger partial charge in [-0.3, -0.25) is 19.2 Å². The Morgan fingerprint density at radius 2 is 1.24 bits per heavy atom. The molecule has 6 aromatic carbocycles. The minimum atomic E-state index is -1.14. The van der Waals surface area contributed by atoms with Crippen molar-refractivity contribution in [3.63, 3.8) is 0 Å². The Morgan fingerprint density at radius 1 is 0.696 bits per heavy atom. The van der Waals surface area contributed by atoms with Gasteiger partial charge in [0.2, 0.25) is 10.9 Å². The van der Waals surface area contributed by atoms with Gasteiger partial charge in [-0.25, -0.2) is 4.98 Å². The zero-order valence-corrected chi connectivity index (χ0v) is 25.2. The zero-order valence-electron chi connectivity index (χ0n) is 25.2. The molecule has 228 valence electrons. The van der Waals surface area contributed by atoms with Crippen molar-refractivity contribution in [2.75, 3.05) is 26.9 Å². The Labute approximate surface area is 259 Å². The van der Waals surface area contributed by atoms with Crippen molar-refractivity contribution in [2.24, 2.45) is 0 Å². The minimum Gasteiger partial charge on any atom is -0.403 e. The van der Waals surface area contributed by atoms with E-state index in [1.54, 1.807) is 69.5 Å². The topological polar surface area (TPSA) is 130 Å². The molecule has 0 aliphatic rings. The molecule has 0 bridgehead atoms. The van der Waals surface area contributed by atoms with Crippen LogP contribution in [0.3, 0.4) is 0 Å². The maximum atomic E-state index is 14.3. The number of hydrogen-bond donors (Lipinski definition) is 0. The van der Waals surface area contributed by atoms with Crippen molar-refractivity contribution in [1.29, 1.82) is 0 Å². The van der Waals surface area contributed by atoms with E-state index >= 15 is 0 Å². The van der Waals surface area contributed by atoms with Crippen molar-refractivity contribution >= 4 is 71.2 Å². The number of hydrogen-bond acceptors (Lipinski definition) is 9. The number of aromatic nitrogens is 2. The highest BCUT2D eigenvalue weighted by molar-refractivity contribution is 6.13. The Balaban J connectivity index is 1.62. The monoisotopic (exact) mass is 615 g/mol. The van der Waals surface area contributed by atoms with Crippen LogP contribution in [-0.2, 0) is 14.2 Å². The van der Waals surface area contributed by atoms with Gasteiger partial charge in [0.05, 0.1) is 25.2 Å². The lowest BCUT2D eigenvalue weighted by atomic mass is 9.99. The number of ether oxygens (including phenoxy) is 3. The molecule has 0 atom stereocenters. The van der Waals surface area contributed by atoms with Gasteiger partial charge in [0.25, 0.3) is 5.52 Å². The molecule has 46 heavy (non-hydrogen) atoms. The molecule has 10 heteroatoms. The summed E-state index contributed by atoms with van der Waals surface area (Å²) in [6, 6.07) is 19.0. The highest BCUT2D eigenvalue weighted by atomic mass is 16.6. The molecule has 1 heterocycles. The van der Waals surface area contributed by atoms with Crippen molar-refractivity contribution in [3.8, 4) is 0 Å². The summed E-state index contributed by atoms with van der Waals surface area (Å²) in [5.41, 5.74) is -2.33. The average molecular weight is 616 g/mol. The maximum Gasteiger partial charge on any atom is 0.603 e. The molecule has 0 saturated heterocycles. The number of carbonyl (C=O) groups is 1. The molecule has 0 spiro atoms. The van der Waals surface area contributed by atoms with Crippen LogP contribution in [0.25, 0.3) is 65.2 Å². The van der Waals surface area contributed by atoms with Crippen molar-refractivity contribution in [3.05, 3.63) is 114 Å². The van der Waals surface area contributed by atoms with E-state index in [-0.39, 0.29) is 89.2 Å². The number of methoxy groups -OCH3 is 1. The minimum absolute atomic E-state index is 0.00725. The van der Waals surface area contributed by atoms with E-state index < -0.39 is 22.6 Å². The van der Waals surface area contributed by atoms with E-state index in [0.717, 1.165) is 0 Å². The Morgan fingerprint density at radius 3 is 1.85 bits per heavy atom. The number of carbonyl (C=O) groups excluding carboxylic acids is 1. The van der Waals surface area contributed by atoms with E-state index in [2.05, 4.69) is 0 Å². The van der Waals surface area contributed by atoms with Crippen molar-refractivity contribution in [1.82, 2.24) is 4.98 Å². The van der Waals surface area contributed by atoms with E-state index in [9.17, 15) is 24.0 Å². The first-order valence-corrected chi connectivity index (χ1v) is 14.7. The lowest BCUT2D eigenvalue weighted by Crippen LogP contribution is -2.50. The SMILES string of the molecule is COCCOCC(C)(C)OC(=O)[n+]1c2ccc3c(=O)c4ccccc4c(=O)c3c2nc2ccc3c(=O)c4ccccc4c(=O)c3c21. The third kappa shape index (κ3) is 4.45. The molecule has 0 N–H and O–H groups in total. The van der Waals surface area contributed by atoms with Gasteiger partial charge >= 0.3 is 6.09 Å². The summed E-state index contributed by atoms with van der Waals surface area (Å²) in [5, 5.41) is 1.24. The van der Waals surface area contributed by atoms with Crippen LogP contribution in [0.4, 0.5) is 4.79 Å². The van der Waals surface area contributed by atoms with Crippen LogP contribution in [0.2, 0.25) is 0 Å². The molecule has 1 aromatic heterocycles. The number of rotatable bonds is 6. The van der Waals surface area contributed by atoms with E-state index in [0.29, 0.717) is 6.61 Å². The zero-order chi connectivity index (χ0) is 32.3. The second-order valence-corrected chi connectivity index (χ2v) is 11.7. The fraction of sp³-hybridized carbons (Fsp3) is 0.194.